The molecule has 5 rings (SSSR count). The minimum atomic E-state index is -0.249. The van der Waals surface area contributed by atoms with Crippen molar-refractivity contribution in [3.05, 3.63) is 47.4 Å². The van der Waals surface area contributed by atoms with Crippen LogP contribution in [0.25, 0.3) is 0 Å². The molecule has 1 amide bonds. The molecule has 1 aliphatic heterocycles. The van der Waals surface area contributed by atoms with E-state index in [0.717, 1.165) is 62.3 Å². The lowest BCUT2D eigenvalue weighted by molar-refractivity contribution is -0.117. The van der Waals surface area contributed by atoms with Crippen LogP contribution in [0.3, 0.4) is 0 Å². The maximum Gasteiger partial charge on any atom is 0.228 e. The predicted octanol–water partition coefficient (Wildman–Crippen LogP) is 2.99. The monoisotopic (exact) mass is 520 g/mol. The summed E-state index contributed by atoms with van der Waals surface area (Å²) in [5, 5.41) is 20.9. The van der Waals surface area contributed by atoms with Crippen LogP contribution in [0.4, 0.5) is 11.6 Å². The maximum absolute atomic E-state index is 12.1. The van der Waals surface area contributed by atoms with E-state index in [2.05, 4.69) is 53.2 Å². The van der Waals surface area contributed by atoms with Gasteiger partial charge in [-0.1, -0.05) is 20.8 Å². The normalized spacial score (nSPS) is 25.7. The van der Waals surface area contributed by atoms with E-state index in [1.807, 2.05) is 29.0 Å². The van der Waals surface area contributed by atoms with Gasteiger partial charge in [0.1, 0.15) is 11.7 Å². The minimum absolute atomic E-state index is 0.0647. The van der Waals surface area contributed by atoms with E-state index < -0.39 is 0 Å². The topological polar surface area (TPSA) is 134 Å². The van der Waals surface area contributed by atoms with E-state index in [1.54, 1.807) is 6.20 Å². The first-order chi connectivity index (χ1) is 18.1. The summed E-state index contributed by atoms with van der Waals surface area (Å²) in [6, 6.07) is 6.26. The Hall–Kier alpha value is -3.24. The molecule has 10 heteroatoms. The lowest BCUT2D eigenvalue weighted by Crippen LogP contribution is -2.48. The number of carbonyl (C=O) groups excluding carboxylic acids is 1. The number of nitrogens with zero attached hydrogens (tertiary/aromatic N) is 5. The number of nitrogens with one attached hydrogen (secondary N) is 2. The van der Waals surface area contributed by atoms with Gasteiger partial charge in [0.05, 0.1) is 12.1 Å². The molecule has 204 valence electrons. The molecule has 0 unspecified atom stereocenters. The van der Waals surface area contributed by atoms with Crippen molar-refractivity contribution in [2.75, 3.05) is 18.4 Å². The Morgan fingerprint density at radius 2 is 2.08 bits per heavy atom. The summed E-state index contributed by atoms with van der Waals surface area (Å²) in [5.74, 6) is 1.81. The average molecular weight is 521 g/mol. The van der Waals surface area contributed by atoms with Gasteiger partial charge in [-0.2, -0.15) is 5.10 Å². The predicted molar refractivity (Wildman–Crippen MR) is 148 cm³/mol. The smallest absolute Gasteiger partial charge is 0.228 e. The molecular weight excluding hydrogens is 480 g/mol. The van der Waals surface area contributed by atoms with E-state index in [4.69, 9.17) is 10.8 Å². The number of nitrogens with two attached hydrogens (primary N) is 1. The molecule has 0 radical (unpaired) electrons. The van der Waals surface area contributed by atoms with Gasteiger partial charge in [-0.3, -0.25) is 14.4 Å². The van der Waals surface area contributed by atoms with Crippen molar-refractivity contribution in [3.63, 3.8) is 0 Å². The van der Waals surface area contributed by atoms with Crippen molar-refractivity contribution in [1.82, 2.24) is 25.0 Å². The Balaban J connectivity index is 1.28. The highest BCUT2D eigenvalue weighted by molar-refractivity contribution is 5.94. The summed E-state index contributed by atoms with van der Waals surface area (Å²) >= 11 is 0. The fourth-order valence-corrected chi connectivity index (χ4v) is 5.08. The fourth-order valence-electron chi connectivity index (χ4n) is 5.08. The van der Waals surface area contributed by atoms with Crippen LogP contribution in [-0.4, -0.2) is 61.7 Å². The van der Waals surface area contributed by atoms with Crippen molar-refractivity contribution in [2.24, 2.45) is 16.6 Å². The van der Waals surface area contributed by atoms with Crippen LogP contribution in [0.5, 0.6) is 0 Å². The molecule has 10 nitrogen and oxygen atoms in total. The highest BCUT2D eigenvalue weighted by Gasteiger charge is 2.34. The van der Waals surface area contributed by atoms with Gasteiger partial charge in [0.25, 0.3) is 0 Å². The Bertz CT molecular complexity index is 1230. The number of amidine groups is 1. The van der Waals surface area contributed by atoms with Crippen molar-refractivity contribution >= 4 is 23.4 Å². The number of aliphatic imine (C=N–C) groups is 1. The van der Waals surface area contributed by atoms with E-state index in [0.29, 0.717) is 17.5 Å². The highest BCUT2D eigenvalue weighted by atomic mass is 16.3. The standard InChI is InChI=1S/C28H40N8O2/c1-17-22(14-24(29)32-26-15-23(28(2,3)4)36(34-26)20-12-21(37)13-20)30-9-10-35(17)16-18-7-8-31-25(11-18)33-27(38)19-5-6-19/h7-8,11,14-15,17,19-21,30,37H,5-6,9-10,12-13,16H2,1-4H3,(H2,29,32,34)(H,31,33,38)/b22-14-/t17-,20?,21?/m0/s1. The number of rotatable bonds is 7. The number of anilines is 1. The van der Waals surface area contributed by atoms with Crippen LogP contribution in [0.15, 0.2) is 41.2 Å². The van der Waals surface area contributed by atoms with Crippen LogP contribution in [0.2, 0.25) is 0 Å². The molecule has 5 N–H and O–H groups in total. The quantitative estimate of drug-likeness (QED) is 0.326. The first kappa shape index (κ1) is 26.4. The van der Waals surface area contributed by atoms with Crippen LogP contribution in [-0.2, 0) is 16.8 Å². The molecular formula is C28H40N8O2. The van der Waals surface area contributed by atoms with Gasteiger partial charge < -0.3 is 21.5 Å². The Labute approximate surface area is 224 Å². The van der Waals surface area contributed by atoms with Crippen molar-refractivity contribution in [3.8, 4) is 0 Å². The van der Waals surface area contributed by atoms with E-state index in [9.17, 15) is 9.90 Å². The lowest BCUT2D eigenvalue weighted by atomic mass is 9.87. The molecule has 2 aromatic heterocycles. The second-order valence-corrected chi connectivity index (χ2v) is 11.9. The van der Waals surface area contributed by atoms with E-state index >= 15 is 0 Å². The number of pyridine rings is 1. The number of carbonyl (C=O) groups is 1. The first-order valence-electron chi connectivity index (χ1n) is 13.6. The van der Waals surface area contributed by atoms with Crippen molar-refractivity contribution in [2.45, 2.75) is 83.5 Å². The number of aliphatic hydroxyl groups is 1. The molecule has 3 aliphatic rings. The number of aliphatic hydroxyl groups excluding tert-OH is 1. The van der Waals surface area contributed by atoms with Gasteiger partial charge in [-0.15, -0.1) is 0 Å². The second kappa shape index (κ2) is 10.5. The number of amides is 1. The zero-order valence-electron chi connectivity index (χ0n) is 22.8. The molecule has 3 fully saturated rings. The zero-order valence-corrected chi connectivity index (χ0v) is 22.8. The molecule has 2 aromatic rings. The summed E-state index contributed by atoms with van der Waals surface area (Å²) < 4.78 is 2.02. The number of aromatic nitrogens is 3. The molecule has 3 heterocycles. The minimum Gasteiger partial charge on any atom is -0.393 e. The van der Waals surface area contributed by atoms with Gasteiger partial charge in [0, 0.05) is 66.7 Å². The average Bonchev–Trinajstić information content (AvgIpc) is 3.60. The third kappa shape index (κ3) is 6.07. The van der Waals surface area contributed by atoms with Gasteiger partial charge in [-0.05, 0) is 50.3 Å². The zero-order chi connectivity index (χ0) is 27.0. The third-order valence-corrected chi connectivity index (χ3v) is 7.61. The van der Waals surface area contributed by atoms with Crippen molar-refractivity contribution in [1.29, 1.82) is 0 Å². The molecule has 1 atom stereocenters. The second-order valence-electron chi connectivity index (χ2n) is 11.9. The first-order valence-corrected chi connectivity index (χ1v) is 13.6. The summed E-state index contributed by atoms with van der Waals surface area (Å²) in [7, 11) is 0. The van der Waals surface area contributed by atoms with E-state index in [1.165, 1.54) is 0 Å². The Morgan fingerprint density at radius 1 is 1.32 bits per heavy atom. The largest absolute Gasteiger partial charge is 0.393 e. The summed E-state index contributed by atoms with van der Waals surface area (Å²) in [5.41, 5.74) is 9.48. The van der Waals surface area contributed by atoms with Crippen LogP contribution in [0, 0.1) is 5.92 Å². The summed E-state index contributed by atoms with van der Waals surface area (Å²) in [6.45, 7) is 11.0. The molecule has 38 heavy (non-hydrogen) atoms. The molecule has 2 aliphatic carbocycles. The van der Waals surface area contributed by atoms with Gasteiger partial charge >= 0.3 is 0 Å². The Kier molecular flexibility index (Phi) is 7.28. The molecule has 1 saturated heterocycles. The lowest BCUT2D eigenvalue weighted by Gasteiger charge is -2.36. The SMILES string of the molecule is C[C@H]1/C(=C/C(N)=Nc2cc(C(C)(C)C)n(C3CC(O)C3)n2)NCCN1Cc1ccnc(NC(=O)C2CC2)c1. The molecule has 0 spiro atoms. The summed E-state index contributed by atoms with van der Waals surface area (Å²) in [6.07, 6.45) is 6.77. The van der Waals surface area contributed by atoms with Gasteiger partial charge in [0.2, 0.25) is 5.91 Å². The Morgan fingerprint density at radius 3 is 2.76 bits per heavy atom. The van der Waals surface area contributed by atoms with E-state index in [-0.39, 0.29) is 35.4 Å². The summed E-state index contributed by atoms with van der Waals surface area (Å²) in [4.78, 5) is 23.4. The van der Waals surface area contributed by atoms with Crippen LogP contribution >= 0.6 is 0 Å². The number of hydrogen-bond donors (Lipinski definition) is 4. The highest BCUT2D eigenvalue weighted by Crippen LogP contribution is 2.37. The van der Waals surface area contributed by atoms with Gasteiger partial charge in [0.15, 0.2) is 5.82 Å². The molecule has 2 saturated carbocycles. The number of piperazine rings is 1. The fraction of sp³-hybridized carbons (Fsp3) is 0.571. The van der Waals surface area contributed by atoms with Crippen LogP contribution < -0.4 is 16.4 Å². The molecule has 0 bridgehead atoms. The third-order valence-electron chi connectivity index (χ3n) is 7.61. The number of hydrogen-bond acceptors (Lipinski definition) is 7. The maximum atomic E-state index is 12.1. The van der Waals surface area contributed by atoms with Crippen LogP contribution in [0.1, 0.15) is 70.7 Å². The van der Waals surface area contributed by atoms with Crippen molar-refractivity contribution < 1.29 is 9.90 Å². The molecule has 0 aromatic carbocycles. The van der Waals surface area contributed by atoms with Gasteiger partial charge in [-0.25, -0.2) is 9.98 Å².